The maximum absolute atomic E-state index is 13.7. The van der Waals surface area contributed by atoms with Gasteiger partial charge in [0.25, 0.3) is 17.5 Å². The van der Waals surface area contributed by atoms with Crippen molar-refractivity contribution in [2.24, 2.45) is 0 Å². The molecule has 6 nitrogen and oxygen atoms in total. The number of nitrogens with one attached hydrogen (secondary N) is 2. The molecule has 0 spiro atoms. The van der Waals surface area contributed by atoms with E-state index in [1.54, 1.807) is 5.32 Å². The van der Waals surface area contributed by atoms with E-state index in [1.165, 1.54) is 17.4 Å². The topological polar surface area (TPSA) is 78.5 Å². The van der Waals surface area contributed by atoms with Crippen LogP contribution >= 0.6 is 0 Å². The first kappa shape index (κ1) is 18.2. The SMILES string of the molecule is O=C(N[C@]1(C(F)(F)F)NC(=O)N(C2CCCC2)C1=O)c1ccccc1F. The number of alkyl halides is 3. The molecule has 0 radical (unpaired) electrons. The predicted molar refractivity (Wildman–Crippen MR) is 80.3 cm³/mol. The average Bonchev–Trinajstić information content (AvgIpc) is 3.14. The van der Waals surface area contributed by atoms with E-state index in [2.05, 4.69) is 0 Å². The summed E-state index contributed by atoms with van der Waals surface area (Å²) < 4.78 is 54.8. The van der Waals surface area contributed by atoms with Gasteiger partial charge in [-0.2, -0.15) is 13.2 Å². The van der Waals surface area contributed by atoms with Gasteiger partial charge in [-0.15, -0.1) is 0 Å². The van der Waals surface area contributed by atoms with Gasteiger partial charge in [-0.25, -0.2) is 9.18 Å². The highest BCUT2D eigenvalue weighted by molar-refractivity contribution is 6.10. The molecule has 26 heavy (non-hydrogen) atoms. The predicted octanol–water partition coefficient (Wildman–Crippen LogP) is 2.31. The lowest BCUT2D eigenvalue weighted by molar-refractivity contribution is -0.200. The fraction of sp³-hybridized carbons (Fsp3) is 0.438. The van der Waals surface area contributed by atoms with Gasteiger partial charge in [0.2, 0.25) is 0 Å². The Balaban J connectivity index is 1.96. The summed E-state index contributed by atoms with van der Waals surface area (Å²) in [5.74, 6) is -4.11. The summed E-state index contributed by atoms with van der Waals surface area (Å²) in [6.45, 7) is 0. The van der Waals surface area contributed by atoms with E-state index in [0.29, 0.717) is 30.6 Å². The van der Waals surface area contributed by atoms with Gasteiger partial charge in [-0.3, -0.25) is 19.8 Å². The van der Waals surface area contributed by atoms with Gasteiger partial charge >= 0.3 is 12.2 Å². The van der Waals surface area contributed by atoms with Gasteiger partial charge in [0.1, 0.15) is 5.82 Å². The van der Waals surface area contributed by atoms with Gasteiger partial charge in [-0.05, 0) is 25.0 Å². The number of amides is 4. The number of nitrogens with zero attached hydrogens (tertiary/aromatic N) is 1. The van der Waals surface area contributed by atoms with Crippen molar-refractivity contribution in [3.8, 4) is 0 Å². The molecule has 1 aliphatic carbocycles. The molecular weight excluding hydrogens is 358 g/mol. The minimum absolute atomic E-state index is 0.397. The van der Waals surface area contributed by atoms with Crippen LogP contribution in [0.5, 0.6) is 0 Å². The zero-order chi connectivity index (χ0) is 19.1. The number of imide groups is 1. The minimum atomic E-state index is -5.31. The number of carbonyl (C=O) groups is 3. The van der Waals surface area contributed by atoms with Crippen molar-refractivity contribution in [2.75, 3.05) is 0 Å². The van der Waals surface area contributed by atoms with E-state index >= 15 is 0 Å². The Bertz CT molecular complexity index is 761. The minimum Gasteiger partial charge on any atom is -0.314 e. The smallest absolute Gasteiger partial charge is 0.314 e. The highest BCUT2D eigenvalue weighted by Crippen LogP contribution is 2.37. The van der Waals surface area contributed by atoms with Crippen LogP contribution in [0.4, 0.5) is 22.4 Å². The molecule has 4 amide bonds. The van der Waals surface area contributed by atoms with Crippen molar-refractivity contribution in [1.29, 1.82) is 0 Å². The Morgan fingerprint density at radius 3 is 2.38 bits per heavy atom. The Morgan fingerprint density at radius 1 is 1.19 bits per heavy atom. The first-order valence-corrected chi connectivity index (χ1v) is 7.97. The quantitative estimate of drug-likeness (QED) is 0.631. The molecule has 1 atom stereocenters. The maximum atomic E-state index is 13.7. The lowest BCUT2D eigenvalue weighted by Crippen LogP contribution is -2.69. The second-order valence-electron chi connectivity index (χ2n) is 6.23. The highest BCUT2D eigenvalue weighted by atomic mass is 19.4. The number of benzene rings is 1. The number of rotatable bonds is 3. The number of hydrogen-bond acceptors (Lipinski definition) is 3. The van der Waals surface area contributed by atoms with Crippen LogP contribution in [0.25, 0.3) is 0 Å². The van der Waals surface area contributed by atoms with Crippen LogP contribution in [0.2, 0.25) is 0 Å². The molecule has 2 fully saturated rings. The largest absolute Gasteiger partial charge is 0.440 e. The van der Waals surface area contributed by atoms with E-state index in [-0.39, 0.29) is 0 Å². The Kier molecular flexibility index (Phi) is 4.37. The number of urea groups is 1. The number of halogens is 4. The normalized spacial score (nSPS) is 24.1. The number of carbonyl (C=O) groups excluding carboxylic acids is 3. The fourth-order valence-corrected chi connectivity index (χ4v) is 3.27. The second kappa shape index (κ2) is 6.26. The molecule has 1 aromatic rings. The summed E-state index contributed by atoms with van der Waals surface area (Å²) in [5.41, 5.74) is -4.29. The zero-order valence-electron chi connectivity index (χ0n) is 13.4. The van der Waals surface area contributed by atoms with Crippen molar-refractivity contribution in [2.45, 2.75) is 43.6 Å². The van der Waals surface area contributed by atoms with Crippen LogP contribution in [-0.2, 0) is 4.79 Å². The Hall–Kier alpha value is -2.65. The van der Waals surface area contributed by atoms with Crippen LogP contribution in [-0.4, -0.2) is 40.6 Å². The molecule has 1 aromatic carbocycles. The van der Waals surface area contributed by atoms with Crippen LogP contribution in [0, 0.1) is 5.82 Å². The lowest BCUT2D eigenvalue weighted by Gasteiger charge is -2.30. The number of hydrogen-bond donors (Lipinski definition) is 2. The van der Waals surface area contributed by atoms with Crippen LogP contribution in [0.3, 0.4) is 0 Å². The van der Waals surface area contributed by atoms with E-state index < -0.39 is 47.1 Å². The molecule has 10 heteroatoms. The Morgan fingerprint density at radius 2 is 1.81 bits per heavy atom. The standard InChI is InChI=1S/C16H15F4N3O3/c17-11-8-4-3-7-10(11)12(24)21-15(16(18,19)20)13(25)23(14(26)22-15)9-5-1-2-6-9/h3-4,7-9H,1-2,5-6H2,(H,21,24)(H,22,26)/t15-/m0/s1. The molecule has 2 aliphatic rings. The summed E-state index contributed by atoms with van der Waals surface area (Å²) in [4.78, 5) is 37.3. The Labute approximate surface area is 145 Å². The molecule has 1 saturated carbocycles. The molecule has 0 unspecified atom stereocenters. The maximum Gasteiger partial charge on any atom is 0.440 e. The molecule has 1 heterocycles. The molecule has 1 aliphatic heterocycles. The molecule has 0 aromatic heterocycles. The summed E-state index contributed by atoms with van der Waals surface area (Å²) in [6.07, 6.45) is -3.15. The summed E-state index contributed by atoms with van der Waals surface area (Å²) >= 11 is 0. The average molecular weight is 373 g/mol. The van der Waals surface area contributed by atoms with Crippen LogP contribution in [0.15, 0.2) is 24.3 Å². The molecule has 2 N–H and O–H groups in total. The van der Waals surface area contributed by atoms with Crippen molar-refractivity contribution in [3.63, 3.8) is 0 Å². The van der Waals surface area contributed by atoms with E-state index in [0.717, 1.165) is 12.1 Å². The molecule has 140 valence electrons. The first-order valence-electron chi connectivity index (χ1n) is 7.97. The fourth-order valence-electron chi connectivity index (χ4n) is 3.27. The zero-order valence-corrected chi connectivity index (χ0v) is 13.4. The van der Waals surface area contributed by atoms with Gasteiger partial charge in [0.15, 0.2) is 0 Å². The van der Waals surface area contributed by atoms with Gasteiger partial charge in [0, 0.05) is 6.04 Å². The van der Waals surface area contributed by atoms with E-state index in [1.807, 2.05) is 0 Å². The summed E-state index contributed by atoms with van der Waals surface area (Å²) in [7, 11) is 0. The van der Waals surface area contributed by atoms with Crippen LogP contribution in [0.1, 0.15) is 36.0 Å². The summed E-state index contributed by atoms with van der Waals surface area (Å²) in [6, 6.07) is 2.51. The lowest BCUT2D eigenvalue weighted by atomic mass is 10.1. The van der Waals surface area contributed by atoms with Gasteiger partial charge < -0.3 is 5.32 Å². The first-order chi connectivity index (χ1) is 12.2. The van der Waals surface area contributed by atoms with Crippen molar-refractivity contribution >= 4 is 17.8 Å². The monoisotopic (exact) mass is 373 g/mol. The molecule has 0 bridgehead atoms. The van der Waals surface area contributed by atoms with E-state index in [9.17, 15) is 31.9 Å². The second-order valence-corrected chi connectivity index (χ2v) is 6.23. The van der Waals surface area contributed by atoms with Crippen molar-refractivity contribution < 1.29 is 31.9 Å². The third-order valence-corrected chi connectivity index (χ3v) is 4.59. The van der Waals surface area contributed by atoms with E-state index in [4.69, 9.17) is 0 Å². The van der Waals surface area contributed by atoms with Gasteiger partial charge in [-0.1, -0.05) is 25.0 Å². The van der Waals surface area contributed by atoms with Gasteiger partial charge in [0.05, 0.1) is 5.56 Å². The van der Waals surface area contributed by atoms with Crippen LogP contribution < -0.4 is 10.6 Å². The van der Waals surface area contributed by atoms with Crippen molar-refractivity contribution in [3.05, 3.63) is 35.6 Å². The molecular formula is C16H15F4N3O3. The third-order valence-electron chi connectivity index (χ3n) is 4.59. The third kappa shape index (κ3) is 2.78. The van der Waals surface area contributed by atoms with Crippen molar-refractivity contribution in [1.82, 2.24) is 15.5 Å². The highest BCUT2D eigenvalue weighted by Gasteiger charge is 2.69. The summed E-state index contributed by atoms with van der Waals surface area (Å²) in [5, 5.41) is 3.06. The molecule has 3 rings (SSSR count). The molecule has 1 saturated heterocycles.